The minimum Gasteiger partial charge on any atom is -0.266 e. The Hall–Kier alpha value is -3.20. The number of nitrogens with zero attached hydrogens (tertiary/aromatic N) is 3. The van der Waals surface area contributed by atoms with Crippen LogP contribution in [0.25, 0.3) is 0 Å². The zero-order chi connectivity index (χ0) is 18.7. The van der Waals surface area contributed by atoms with Crippen molar-refractivity contribution < 1.29 is 13.3 Å². The van der Waals surface area contributed by atoms with Gasteiger partial charge in [0, 0.05) is 24.4 Å². The molecule has 0 bridgehead atoms. The number of nitro benzene ring substituents is 1. The molecule has 0 spiro atoms. The van der Waals surface area contributed by atoms with Gasteiger partial charge in [-0.3, -0.25) is 19.5 Å². The van der Waals surface area contributed by atoms with Crippen LogP contribution in [0.2, 0.25) is 0 Å². The van der Waals surface area contributed by atoms with Gasteiger partial charge in [0.15, 0.2) is 5.82 Å². The topological polar surface area (TPSA) is 107 Å². The summed E-state index contributed by atoms with van der Waals surface area (Å²) in [6.45, 7) is 2.52. The van der Waals surface area contributed by atoms with Gasteiger partial charge in [-0.1, -0.05) is 29.8 Å². The molecule has 0 saturated heterocycles. The van der Waals surface area contributed by atoms with Crippen LogP contribution in [-0.4, -0.2) is 23.1 Å². The number of benzene rings is 2. The van der Waals surface area contributed by atoms with Crippen molar-refractivity contribution in [1.29, 1.82) is 0 Å². The highest BCUT2D eigenvalue weighted by molar-refractivity contribution is 7.92. The predicted octanol–water partition coefficient (Wildman–Crippen LogP) is 2.95. The molecule has 0 unspecified atom stereocenters. The lowest BCUT2D eigenvalue weighted by Crippen LogP contribution is -2.13. The summed E-state index contributed by atoms with van der Waals surface area (Å²) in [5, 5.41) is 14.9. The fourth-order valence-electron chi connectivity index (χ4n) is 2.33. The largest absolute Gasteiger partial charge is 0.269 e. The molecule has 134 valence electrons. The van der Waals surface area contributed by atoms with Crippen molar-refractivity contribution in [2.24, 2.45) is 0 Å². The first-order chi connectivity index (χ1) is 12.3. The SMILES string of the molecule is Cc1ccc(Cn2ccc(NS(=O)(=O)c3ccc([N+](=O)[O-])cc3)n2)cc1. The summed E-state index contributed by atoms with van der Waals surface area (Å²) in [6, 6.07) is 14.2. The summed E-state index contributed by atoms with van der Waals surface area (Å²) in [4.78, 5) is 9.99. The van der Waals surface area contributed by atoms with Crippen molar-refractivity contribution in [1.82, 2.24) is 9.78 Å². The molecule has 3 aromatic rings. The molecule has 0 amide bonds. The van der Waals surface area contributed by atoms with E-state index in [1.165, 1.54) is 12.1 Å². The van der Waals surface area contributed by atoms with Gasteiger partial charge in [0.2, 0.25) is 0 Å². The number of aryl methyl sites for hydroxylation is 1. The van der Waals surface area contributed by atoms with Gasteiger partial charge in [0.25, 0.3) is 15.7 Å². The summed E-state index contributed by atoms with van der Waals surface area (Å²) < 4.78 is 28.7. The smallest absolute Gasteiger partial charge is 0.266 e. The van der Waals surface area contributed by atoms with Crippen molar-refractivity contribution in [2.75, 3.05) is 4.72 Å². The Morgan fingerprint density at radius 3 is 2.35 bits per heavy atom. The summed E-state index contributed by atoms with van der Waals surface area (Å²) >= 11 is 0. The zero-order valence-corrected chi connectivity index (χ0v) is 14.7. The molecule has 3 rings (SSSR count). The predicted molar refractivity (Wildman–Crippen MR) is 96.4 cm³/mol. The second-order valence-corrected chi connectivity index (χ2v) is 7.42. The van der Waals surface area contributed by atoms with E-state index in [4.69, 9.17) is 0 Å². The lowest BCUT2D eigenvalue weighted by Gasteiger charge is -2.06. The summed E-state index contributed by atoms with van der Waals surface area (Å²) in [7, 11) is -3.87. The Labute approximate surface area is 150 Å². The molecule has 0 aliphatic heterocycles. The fourth-order valence-corrected chi connectivity index (χ4v) is 3.32. The van der Waals surface area contributed by atoms with E-state index in [9.17, 15) is 18.5 Å². The zero-order valence-electron chi connectivity index (χ0n) is 13.9. The van der Waals surface area contributed by atoms with E-state index in [-0.39, 0.29) is 16.4 Å². The first kappa shape index (κ1) is 17.6. The molecule has 1 aromatic heterocycles. The number of sulfonamides is 1. The van der Waals surface area contributed by atoms with E-state index >= 15 is 0 Å². The van der Waals surface area contributed by atoms with Crippen LogP contribution >= 0.6 is 0 Å². The van der Waals surface area contributed by atoms with E-state index in [2.05, 4.69) is 9.82 Å². The Balaban J connectivity index is 1.73. The quantitative estimate of drug-likeness (QED) is 0.529. The normalized spacial score (nSPS) is 11.3. The Kier molecular flexibility index (Phi) is 4.72. The number of non-ortho nitro benzene ring substituents is 1. The minimum absolute atomic E-state index is 0.0730. The van der Waals surface area contributed by atoms with E-state index in [1.54, 1.807) is 16.9 Å². The number of nitro groups is 1. The summed E-state index contributed by atoms with van der Waals surface area (Å²) in [5.41, 5.74) is 2.03. The van der Waals surface area contributed by atoms with E-state index in [1.807, 2.05) is 31.2 Å². The number of hydrogen-bond acceptors (Lipinski definition) is 5. The van der Waals surface area contributed by atoms with Crippen LogP contribution in [0.4, 0.5) is 11.5 Å². The van der Waals surface area contributed by atoms with Gasteiger partial charge in [-0.05, 0) is 24.6 Å². The van der Waals surface area contributed by atoms with Crippen LogP contribution < -0.4 is 4.72 Å². The van der Waals surface area contributed by atoms with Gasteiger partial charge in [-0.2, -0.15) is 5.10 Å². The molecule has 8 nitrogen and oxygen atoms in total. The molecule has 1 heterocycles. The minimum atomic E-state index is -3.87. The number of rotatable bonds is 6. The number of hydrogen-bond donors (Lipinski definition) is 1. The molecule has 1 N–H and O–H groups in total. The Bertz CT molecular complexity index is 1030. The fraction of sp³-hybridized carbons (Fsp3) is 0.118. The van der Waals surface area contributed by atoms with Gasteiger partial charge in [-0.25, -0.2) is 8.42 Å². The maximum atomic E-state index is 12.4. The first-order valence-electron chi connectivity index (χ1n) is 7.70. The van der Waals surface area contributed by atoms with Crippen LogP contribution in [0.1, 0.15) is 11.1 Å². The lowest BCUT2D eigenvalue weighted by atomic mass is 10.1. The van der Waals surface area contributed by atoms with Crippen LogP contribution in [0.15, 0.2) is 65.7 Å². The average Bonchev–Trinajstić information content (AvgIpc) is 3.03. The third-order valence-corrected chi connectivity index (χ3v) is 5.07. The second kappa shape index (κ2) is 6.96. The van der Waals surface area contributed by atoms with Crippen LogP contribution in [0, 0.1) is 17.0 Å². The first-order valence-corrected chi connectivity index (χ1v) is 9.18. The third kappa shape index (κ3) is 4.06. The van der Waals surface area contributed by atoms with Crippen LogP contribution in [-0.2, 0) is 16.6 Å². The van der Waals surface area contributed by atoms with Crippen molar-refractivity contribution in [3.63, 3.8) is 0 Å². The lowest BCUT2D eigenvalue weighted by molar-refractivity contribution is -0.384. The van der Waals surface area contributed by atoms with Gasteiger partial charge in [0.05, 0.1) is 16.4 Å². The molecule has 2 aromatic carbocycles. The second-order valence-electron chi connectivity index (χ2n) is 5.74. The molecule has 0 aliphatic rings. The van der Waals surface area contributed by atoms with E-state index in [0.717, 1.165) is 23.3 Å². The van der Waals surface area contributed by atoms with Crippen LogP contribution in [0.5, 0.6) is 0 Å². The number of aromatic nitrogens is 2. The van der Waals surface area contributed by atoms with Crippen molar-refractivity contribution in [2.45, 2.75) is 18.4 Å². The molecule has 0 radical (unpaired) electrons. The molecule has 0 aliphatic carbocycles. The van der Waals surface area contributed by atoms with Gasteiger partial charge >= 0.3 is 0 Å². The number of anilines is 1. The maximum Gasteiger partial charge on any atom is 0.269 e. The van der Waals surface area contributed by atoms with Gasteiger partial charge in [0.1, 0.15) is 0 Å². The monoisotopic (exact) mass is 372 g/mol. The van der Waals surface area contributed by atoms with E-state index < -0.39 is 14.9 Å². The average molecular weight is 372 g/mol. The molecule has 9 heteroatoms. The van der Waals surface area contributed by atoms with Crippen molar-refractivity contribution in [3.05, 3.63) is 82.0 Å². The molecular weight excluding hydrogens is 356 g/mol. The third-order valence-electron chi connectivity index (χ3n) is 3.70. The summed E-state index contributed by atoms with van der Waals surface area (Å²) in [5.74, 6) is 0.176. The highest BCUT2D eigenvalue weighted by Gasteiger charge is 2.17. The van der Waals surface area contributed by atoms with Gasteiger partial charge in [-0.15, -0.1) is 0 Å². The van der Waals surface area contributed by atoms with E-state index in [0.29, 0.717) is 6.54 Å². The van der Waals surface area contributed by atoms with Crippen LogP contribution in [0.3, 0.4) is 0 Å². The molecule has 0 saturated carbocycles. The molecule has 0 fully saturated rings. The molecule has 26 heavy (non-hydrogen) atoms. The Morgan fingerprint density at radius 2 is 1.73 bits per heavy atom. The highest BCUT2D eigenvalue weighted by Crippen LogP contribution is 2.18. The number of nitrogens with one attached hydrogen (secondary N) is 1. The molecular formula is C17H16N4O4S. The maximum absolute atomic E-state index is 12.4. The Morgan fingerprint density at radius 1 is 1.08 bits per heavy atom. The summed E-state index contributed by atoms with van der Waals surface area (Å²) in [6.07, 6.45) is 1.67. The molecule has 0 atom stereocenters. The van der Waals surface area contributed by atoms with Crippen molar-refractivity contribution >= 4 is 21.5 Å². The standard InChI is InChI=1S/C17H16N4O4S/c1-13-2-4-14(5-3-13)12-20-11-10-17(18-20)19-26(24,25)16-8-6-15(7-9-16)21(22)23/h2-11H,12H2,1H3,(H,18,19). The van der Waals surface area contributed by atoms with Crippen molar-refractivity contribution in [3.8, 4) is 0 Å². The highest BCUT2D eigenvalue weighted by atomic mass is 32.2. The van der Waals surface area contributed by atoms with Gasteiger partial charge < -0.3 is 0 Å².